The van der Waals surface area contributed by atoms with Gasteiger partial charge < -0.3 is 31.3 Å². The molecule has 1 saturated carbocycles. The third kappa shape index (κ3) is 3.09. The van der Waals surface area contributed by atoms with E-state index in [-0.39, 0.29) is 35.0 Å². The van der Waals surface area contributed by atoms with Crippen LogP contribution in [0.15, 0.2) is 29.0 Å². The molecule has 0 saturated heterocycles. The zero-order chi connectivity index (χ0) is 23.9. The van der Waals surface area contributed by atoms with E-state index < -0.39 is 75.5 Å². The summed E-state index contributed by atoms with van der Waals surface area (Å²) in [5, 5.41) is 54.4. The predicted octanol–water partition coefficient (Wildman–Crippen LogP) is 0.530. The molecule has 1 aromatic rings. The van der Waals surface area contributed by atoms with E-state index >= 15 is 0 Å². The number of hydrogen-bond donors (Lipinski definition) is 6. The molecule has 0 heterocycles. The number of fused-ring (bicyclic) bond motifs is 3. The number of Topliss-reactive ketones (excluding diaryl/α,β-unsaturated/α-hetero) is 2. The summed E-state index contributed by atoms with van der Waals surface area (Å²) in [6.07, 6.45) is -1.70. The molecule has 0 bridgehead atoms. The number of carbonyl (C=O) groups excluding carboxylic acids is 3. The molecule has 33 heavy (non-hydrogen) atoms. The number of halogens is 2. The van der Waals surface area contributed by atoms with Crippen molar-refractivity contribution in [2.45, 2.75) is 24.2 Å². The Hall–Kier alpha value is -2.63. The maximum absolute atomic E-state index is 13.6. The first-order valence-corrected chi connectivity index (χ1v) is 10.1. The van der Waals surface area contributed by atoms with Gasteiger partial charge in [-0.1, -0.05) is 11.6 Å². The Morgan fingerprint density at radius 1 is 1.21 bits per heavy atom. The van der Waals surface area contributed by atoms with Crippen molar-refractivity contribution in [2.75, 3.05) is 14.1 Å². The van der Waals surface area contributed by atoms with Crippen LogP contribution in [0.2, 0.25) is 5.02 Å². The fourth-order valence-electron chi connectivity index (χ4n) is 5.24. The largest absolute Gasteiger partial charge is 0.508 e. The number of phenolic OH excluding ortho intramolecular Hbond substituents is 1. The first-order valence-electron chi connectivity index (χ1n) is 9.69. The van der Waals surface area contributed by atoms with Crippen LogP contribution in [-0.2, 0) is 14.4 Å². The maximum atomic E-state index is 13.6. The highest BCUT2D eigenvalue weighted by Gasteiger charge is 2.65. The molecule has 1 amide bonds. The van der Waals surface area contributed by atoms with Gasteiger partial charge in [-0.05, 0) is 32.6 Å². The van der Waals surface area contributed by atoms with Crippen molar-refractivity contribution in [3.63, 3.8) is 0 Å². The van der Waals surface area contributed by atoms with Crippen molar-refractivity contribution >= 4 is 47.2 Å². The zero-order valence-corrected chi connectivity index (χ0v) is 19.0. The lowest BCUT2D eigenvalue weighted by atomic mass is 9.57. The lowest BCUT2D eigenvalue weighted by molar-refractivity contribution is -0.155. The fourth-order valence-corrected chi connectivity index (χ4v) is 5.51. The molecule has 12 heteroatoms. The molecule has 5 atom stereocenters. The van der Waals surface area contributed by atoms with Gasteiger partial charge >= 0.3 is 0 Å². The molecular weight excluding hydrogens is 479 g/mol. The van der Waals surface area contributed by atoms with E-state index in [4.69, 9.17) is 17.3 Å². The third-order valence-electron chi connectivity index (χ3n) is 6.64. The van der Waals surface area contributed by atoms with Crippen molar-refractivity contribution in [2.24, 2.45) is 17.6 Å². The summed E-state index contributed by atoms with van der Waals surface area (Å²) in [4.78, 5) is 39.8. The van der Waals surface area contributed by atoms with Gasteiger partial charge in [0.1, 0.15) is 22.8 Å². The second-order valence-electron chi connectivity index (χ2n) is 8.47. The molecule has 0 radical (unpaired) electrons. The molecule has 7 N–H and O–H groups in total. The summed E-state index contributed by atoms with van der Waals surface area (Å²) in [5.74, 6) is -8.19. The van der Waals surface area contributed by atoms with E-state index in [9.17, 15) is 39.9 Å². The Morgan fingerprint density at radius 3 is 2.36 bits per heavy atom. The number of carbonyl (C=O) groups is 3. The van der Waals surface area contributed by atoms with Gasteiger partial charge in [0.15, 0.2) is 11.4 Å². The summed E-state index contributed by atoms with van der Waals surface area (Å²) in [6.45, 7) is 0. The van der Waals surface area contributed by atoms with Gasteiger partial charge in [-0.2, -0.15) is 0 Å². The second-order valence-corrected chi connectivity index (χ2v) is 8.87. The van der Waals surface area contributed by atoms with Crippen LogP contribution in [0.4, 0.5) is 0 Å². The van der Waals surface area contributed by atoms with Gasteiger partial charge in [0.25, 0.3) is 5.91 Å². The number of likely N-dealkylation sites (N-methyl/N-ethyl adjacent to an activating group) is 1. The molecule has 4 rings (SSSR count). The standard InChI is InChI=1S/C21H21ClN2O8.ClH/c1-24(2)14-7-5-6-10(16(27)12-9(25)4-3-8(22)11(12)15(6)26)18(29)21(7,32)19(30)13(17(14)28)20(23)31;/h3-4,6-7,14-15,25-27,30,32H,5H2,1-2H3,(H2,23,31);1H/t6-,7-,14-,15-,21-;/m0./s1. The number of aromatic hydroxyl groups is 1. The Bertz CT molecular complexity index is 1160. The van der Waals surface area contributed by atoms with Crippen LogP contribution >= 0.6 is 24.0 Å². The lowest BCUT2D eigenvalue weighted by Gasteiger charge is -2.51. The Balaban J connectivity index is 0.00000306. The van der Waals surface area contributed by atoms with Crippen LogP contribution in [0.5, 0.6) is 5.75 Å². The quantitative estimate of drug-likeness (QED) is 0.315. The first-order chi connectivity index (χ1) is 14.8. The van der Waals surface area contributed by atoms with E-state index in [1.165, 1.54) is 31.1 Å². The fraction of sp³-hybridized carbons (Fsp3) is 0.381. The summed E-state index contributed by atoms with van der Waals surface area (Å²) >= 11 is 6.19. The number of nitrogens with two attached hydrogens (primary N) is 1. The highest BCUT2D eigenvalue weighted by atomic mass is 35.5. The SMILES string of the molecule is CN(C)[C@@H]1C(=O)C(C(N)=O)=C(O)[C@@]2(O)C(=O)C3=C(O)c4c(O)ccc(Cl)c4[C@@H](O)[C@H]3C[C@@H]12.Cl. The molecule has 10 nitrogen and oxygen atoms in total. The topological polar surface area (TPSA) is 182 Å². The van der Waals surface area contributed by atoms with Gasteiger partial charge in [0.05, 0.1) is 17.7 Å². The molecule has 3 aliphatic rings. The second kappa shape index (κ2) is 8.00. The highest BCUT2D eigenvalue weighted by molar-refractivity contribution is 6.32. The van der Waals surface area contributed by atoms with E-state index in [0.717, 1.165) is 0 Å². The number of rotatable bonds is 2. The molecule has 3 aliphatic carbocycles. The van der Waals surface area contributed by atoms with Crippen molar-refractivity contribution in [1.29, 1.82) is 0 Å². The molecule has 0 unspecified atom stereocenters. The van der Waals surface area contributed by atoms with E-state index in [2.05, 4.69) is 0 Å². The number of phenols is 1. The van der Waals surface area contributed by atoms with E-state index in [1.807, 2.05) is 0 Å². The van der Waals surface area contributed by atoms with E-state index in [0.29, 0.717) is 0 Å². The van der Waals surface area contributed by atoms with Crippen molar-refractivity contribution < 1.29 is 39.9 Å². The van der Waals surface area contributed by atoms with Crippen LogP contribution in [0, 0.1) is 11.8 Å². The lowest BCUT2D eigenvalue weighted by Crippen LogP contribution is -2.66. The van der Waals surface area contributed by atoms with Gasteiger partial charge in [0.2, 0.25) is 5.78 Å². The van der Waals surface area contributed by atoms with Crippen LogP contribution in [0.25, 0.3) is 5.76 Å². The molecule has 0 aliphatic heterocycles. The van der Waals surface area contributed by atoms with Gasteiger partial charge in [-0.15, -0.1) is 12.4 Å². The van der Waals surface area contributed by atoms with Gasteiger partial charge in [-0.3, -0.25) is 19.3 Å². The van der Waals surface area contributed by atoms with Crippen molar-refractivity contribution in [1.82, 2.24) is 4.90 Å². The average molecular weight is 501 g/mol. The predicted molar refractivity (Wildman–Crippen MR) is 118 cm³/mol. The summed E-state index contributed by atoms with van der Waals surface area (Å²) < 4.78 is 0. The molecule has 178 valence electrons. The number of ketones is 2. The van der Waals surface area contributed by atoms with Gasteiger partial charge in [-0.25, -0.2) is 0 Å². The normalized spacial score (nSPS) is 31.1. The highest BCUT2D eigenvalue weighted by Crippen LogP contribution is 2.56. The Labute approximate surface area is 199 Å². The van der Waals surface area contributed by atoms with Crippen LogP contribution in [-0.4, -0.2) is 73.6 Å². The number of primary amides is 1. The van der Waals surface area contributed by atoms with Crippen LogP contribution in [0.1, 0.15) is 23.7 Å². The Morgan fingerprint density at radius 2 is 1.82 bits per heavy atom. The average Bonchev–Trinajstić information content (AvgIpc) is 2.69. The summed E-state index contributed by atoms with van der Waals surface area (Å²) in [5.41, 5.74) is 0.845. The Kier molecular flexibility index (Phi) is 6.06. The van der Waals surface area contributed by atoms with E-state index in [1.54, 1.807) is 0 Å². The maximum Gasteiger partial charge on any atom is 0.255 e. The monoisotopic (exact) mass is 500 g/mol. The van der Waals surface area contributed by atoms with Crippen molar-refractivity contribution in [3.8, 4) is 5.75 Å². The number of benzene rings is 1. The molecule has 1 fully saturated rings. The third-order valence-corrected chi connectivity index (χ3v) is 6.97. The van der Waals surface area contributed by atoms with Crippen LogP contribution < -0.4 is 5.73 Å². The van der Waals surface area contributed by atoms with Crippen molar-refractivity contribution in [3.05, 3.63) is 45.2 Å². The minimum Gasteiger partial charge on any atom is -0.508 e. The summed E-state index contributed by atoms with van der Waals surface area (Å²) in [6, 6.07) is 1.25. The number of aliphatic hydroxyl groups excluding tert-OH is 3. The van der Waals surface area contributed by atoms with Gasteiger partial charge in [0, 0.05) is 28.0 Å². The van der Waals surface area contributed by atoms with Crippen LogP contribution in [0.3, 0.4) is 0 Å². The zero-order valence-electron chi connectivity index (χ0n) is 17.4. The minimum atomic E-state index is -2.77. The number of nitrogens with zero attached hydrogens (tertiary/aromatic N) is 1. The molecule has 1 aromatic carbocycles. The first kappa shape index (κ1) is 25.0. The molecule has 0 spiro atoms. The number of aliphatic hydroxyl groups is 4. The summed E-state index contributed by atoms with van der Waals surface area (Å²) in [7, 11) is 2.97. The number of hydrogen-bond acceptors (Lipinski definition) is 9. The number of amides is 1. The molecule has 0 aromatic heterocycles. The molecular formula is C21H22Cl2N2O8. The minimum absolute atomic E-state index is 0. The smallest absolute Gasteiger partial charge is 0.255 e.